The first-order valence-corrected chi connectivity index (χ1v) is 6.28. The third-order valence-electron chi connectivity index (χ3n) is 4.14. The molecular formula is C14H20FNO. The second kappa shape index (κ2) is 5.15. The molecule has 94 valence electrons. The third kappa shape index (κ3) is 2.35. The van der Waals surface area contributed by atoms with E-state index in [0.29, 0.717) is 6.54 Å². The summed E-state index contributed by atoms with van der Waals surface area (Å²) in [6.45, 7) is 0.607. The highest BCUT2D eigenvalue weighted by Gasteiger charge is 2.40. The quantitative estimate of drug-likeness (QED) is 0.844. The molecule has 1 aromatic rings. The van der Waals surface area contributed by atoms with Crippen LogP contribution in [0.4, 0.5) is 4.39 Å². The van der Waals surface area contributed by atoms with E-state index in [1.165, 1.54) is 6.07 Å². The van der Waals surface area contributed by atoms with E-state index in [0.717, 1.165) is 31.2 Å². The number of rotatable bonds is 4. The zero-order valence-electron chi connectivity index (χ0n) is 10.0. The lowest BCUT2D eigenvalue weighted by Gasteiger charge is -2.35. The highest BCUT2D eigenvalue weighted by Crippen LogP contribution is 2.48. The maximum absolute atomic E-state index is 13.3. The highest BCUT2D eigenvalue weighted by atomic mass is 19.1. The van der Waals surface area contributed by atoms with Gasteiger partial charge in [-0.05, 0) is 37.1 Å². The number of benzene rings is 1. The Labute approximate surface area is 102 Å². The summed E-state index contributed by atoms with van der Waals surface area (Å²) in [4.78, 5) is 0. The third-order valence-corrected chi connectivity index (χ3v) is 4.14. The van der Waals surface area contributed by atoms with E-state index in [2.05, 4.69) is 0 Å². The maximum Gasteiger partial charge on any atom is 0.123 e. The van der Waals surface area contributed by atoms with Crippen molar-refractivity contribution >= 4 is 0 Å². The molecule has 1 fully saturated rings. The average Bonchev–Trinajstić information content (AvgIpc) is 2.80. The largest absolute Gasteiger partial charge is 0.396 e. The predicted molar refractivity (Wildman–Crippen MR) is 66.2 cm³/mol. The molecule has 0 amide bonds. The van der Waals surface area contributed by atoms with Gasteiger partial charge in [-0.1, -0.05) is 25.0 Å². The van der Waals surface area contributed by atoms with Crippen LogP contribution in [0.15, 0.2) is 24.3 Å². The minimum Gasteiger partial charge on any atom is -0.396 e. The number of hydrogen-bond donors (Lipinski definition) is 2. The van der Waals surface area contributed by atoms with E-state index in [-0.39, 0.29) is 23.8 Å². The number of hydrogen-bond acceptors (Lipinski definition) is 2. The van der Waals surface area contributed by atoms with Gasteiger partial charge in [0.05, 0.1) is 0 Å². The van der Waals surface area contributed by atoms with Gasteiger partial charge < -0.3 is 10.8 Å². The van der Waals surface area contributed by atoms with Crippen molar-refractivity contribution in [3.63, 3.8) is 0 Å². The van der Waals surface area contributed by atoms with Gasteiger partial charge in [0.25, 0.3) is 0 Å². The lowest BCUT2D eigenvalue weighted by molar-refractivity contribution is 0.102. The van der Waals surface area contributed by atoms with Gasteiger partial charge in [0.15, 0.2) is 0 Å². The molecule has 0 unspecified atom stereocenters. The van der Waals surface area contributed by atoms with Crippen LogP contribution in [0.3, 0.4) is 0 Å². The van der Waals surface area contributed by atoms with Crippen molar-refractivity contribution < 1.29 is 9.50 Å². The number of halogens is 1. The van der Waals surface area contributed by atoms with E-state index in [4.69, 9.17) is 5.73 Å². The van der Waals surface area contributed by atoms with Crippen molar-refractivity contribution in [2.75, 3.05) is 13.2 Å². The second-order valence-electron chi connectivity index (χ2n) is 5.07. The topological polar surface area (TPSA) is 46.2 Å². The smallest absolute Gasteiger partial charge is 0.123 e. The van der Waals surface area contributed by atoms with Crippen LogP contribution in [0.5, 0.6) is 0 Å². The molecule has 0 aliphatic heterocycles. The minimum absolute atomic E-state index is 0.0608. The lowest BCUT2D eigenvalue weighted by atomic mass is 9.71. The Hall–Kier alpha value is -0.930. The van der Waals surface area contributed by atoms with E-state index < -0.39 is 0 Å². The Morgan fingerprint density at radius 2 is 2.06 bits per heavy atom. The Bertz CT molecular complexity index is 374. The first-order valence-electron chi connectivity index (χ1n) is 6.28. The lowest BCUT2D eigenvalue weighted by Crippen LogP contribution is -2.34. The van der Waals surface area contributed by atoms with Gasteiger partial charge in [0.2, 0.25) is 0 Å². The van der Waals surface area contributed by atoms with Gasteiger partial charge in [0.1, 0.15) is 5.82 Å². The fourth-order valence-corrected chi connectivity index (χ4v) is 3.16. The fourth-order valence-electron chi connectivity index (χ4n) is 3.16. The van der Waals surface area contributed by atoms with E-state index in [9.17, 15) is 9.50 Å². The number of nitrogens with two attached hydrogens (primary N) is 1. The van der Waals surface area contributed by atoms with Crippen LogP contribution in [0.2, 0.25) is 0 Å². The second-order valence-corrected chi connectivity index (χ2v) is 5.07. The number of aliphatic hydroxyl groups excluding tert-OH is 1. The molecule has 3 heteroatoms. The molecule has 2 rings (SSSR count). The van der Waals surface area contributed by atoms with Crippen LogP contribution in [-0.2, 0) is 0 Å². The summed E-state index contributed by atoms with van der Waals surface area (Å²) in [6.07, 6.45) is 4.24. The molecule has 2 nitrogen and oxygen atoms in total. The van der Waals surface area contributed by atoms with E-state index in [1.54, 1.807) is 12.1 Å². The van der Waals surface area contributed by atoms with Gasteiger partial charge in [0, 0.05) is 17.9 Å². The van der Waals surface area contributed by atoms with Crippen molar-refractivity contribution in [1.29, 1.82) is 0 Å². The van der Waals surface area contributed by atoms with Crippen LogP contribution in [-0.4, -0.2) is 18.3 Å². The van der Waals surface area contributed by atoms with Crippen LogP contribution in [0.1, 0.15) is 37.2 Å². The minimum atomic E-state index is -0.230. The van der Waals surface area contributed by atoms with Gasteiger partial charge in [-0.15, -0.1) is 0 Å². The molecule has 3 N–H and O–H groups in total. The summed E-state index contributed by atoms with van der Waals surface area (Å²) >= 11 is 0. The Balaban J connectivity index is 2.32. The predicted octanol–water partition coefficient (Wildman–Crippen LogP) is 2.42. The van der Waals surface area contributed by atoms with Crippen molar-refractivity contribution in [2.24, 2.45) is 11.1 Å². The summed E-state index contributed by atoms with van der Waals surface area (Å²) in [5.41, 5.74) is 6.65. The van der Waals surface area contributed by atoms with Gasteiger partial charge in [-0.3, -0.25) is 0 Å². The molecule has 0 spiro atoms. The SMILES string of the molecule is NC[C@H](c1cccc(F)c1)C1(CO)CCCC1. The molecule has 1 aliphatic rings. The highest BCUT2D eigenvalue weighted by molar-refractivity contribution is 5.24. The summed E-state index contributed by atoms with van der Waals surface area (Å²) in [5.74, 6) is -0.169. The van der Waals surface area contributed by atoms with Crippen molar-refractivity contribution in [1.82, 2.24) is 0 Å². The molecule has 17 heavy (non-hydrogen) atoms. The van der Waals surface area contributed by atoms with Crippen molar-refractivity contribution in [3.8, 4) is 0 Å². The van der Waals surface area contributed by atoms with Crippen LogP contribution in [0.25, 0.3) is 0 Å². The van der Waals surface area contributed by atoms with Crippen molar-refractivity contribution in [3.05, 3.63) is 35.6 Å². The molecule has 1 atom stereocenters. The molecule has 0 heterocycles. The van der Waals surface area contributed by atoms with Gasteiger partial charge in [-0.25, -0.2) is 4.39 Å². The molecule has 0 bridgehead atoms. The van der Waals surface area contributed by atoms with Crippen LogP contribution < -0.4 is 5.73 Å². The zero-order chi connectivity index (χ0) is 12.3. The molecule has 0 saturated heterocycles. The molecular weight excluding hydrogens is 217 g/mol. The molecule has 0 aromatic heterocycles. The Morgan fingerprint density at radius 3 is 2.59 bits per heavy atom. The van der Waals surface area contributed by atoms with Gasteiger partial charge in [-0.2, -0.15) is 0 Å². The fraction of sp³-hybridized carbons (Fsp3) is 0.571. The van der Waals surface area contributed by atoms with Gasteiger partial charge >= 0.3 is 0 Å². The summed E-state index contributed by atoms with van der Waals surface area (Å²) in [7, 11) is 0. The molecule has 0 radical (unpaired) electrons. The Kier molecular flexibility index (Phi) is 3.79. The molecule has 1 aromatic carbocycles. The Morgan fingerprint density at radius 1 is 1.35 bits per heavy atom. The van der Waals surface area contributed by atoms with E-state index >= 15 is 0 Å². The first kappa shape index (κ1) is 12.5. The maximum atomic E-state index is 13.3. The molecule has 1 saturated carbocycles. The monoisotopic (exact) mass is 237 g/mol. The summed E-state index contributed by atoms with van der Waals surface area (Å²) in [6, 6.07) is 6.62. The first-order chi connectivity index (χ1) is 8.22. The van der Waals surface area contributed by atoms with Crippen molar-refractivity contribution in [2.45, 2.75) is 31.6 Å². The average molecular weight is 237 g/mol. The number of aliphatic hydroxyl groups is 1. The van der Waals surface area contributed by atoms with Crippen LogP contribution in [0, 0.1) is 11.2 Å². The van der Waals surface area contributed by atoms with E-state index in [1.807, 2.05) is 6.07 Å². The van der Waals surface area contributed by atoms with Crippen LogP contribution >= 0.6 is 0 Å². The zero-order valence-corrected chi connectivity index (χ0v) is 10.0. The summed E-state index contributed by atoms with van der Waals surface area (Å²) in [5, 5.41) is 9.70. The standard InChI is InChI=1S/C14H20FNO/c15-12-5-3-4-11(8-12)13(9-16)14(10-17)6-1-2-7-14/h3-5,8,13,17H,1-2,6-7,9-10,16H2/t13-/m1/s1. The molecule has 1 aliphatic carbocycles. The summed E-state index contributed by atoms with van der Waals surface area (Å²) < 4.78 is 13.3. The normalized spacial score (nSPS) is 20.4.